The summed E-state index contributed by atoms with van der Waals surface area (Å²) in [7, 11) is 0. The zero-order chi connectivity index (χ0) is 14.5. The third-order valence-electron chi connectivity index (χ3n) is 3.45. The molecule has 3 aromatic rings. The molecular weight excluding hydrogens is 260 g/mol. The highest BCUT2D eigenvalue weighted by Crippen LogP contribution is 2.11. The van der Waals surface area contributed by atoms with Gasteiger partial charge in [0.2, 0.25) is 0 Å². The number of aryl methyl sites for hydroxylation is 1. The molecule has 0 aliphatic rings. The molecule has 106 valence electrons. The lowest BCUT2D eigenvalue weighted by molar-refractivity contribution is 0.687. The first-order valence-electron chi connectivity index (χ1n) is 7.01. The van der Waals surface area contributed by atoms with Gasteiger partial charge >= 0.3 is 0 Å². The topological polar surface area (TPSA) is 42.7 Å². The Balaban J connectivity index is 1.62. The van der Waals surface area contributed by atoms with E-state index in [0.717, 1.165) is 18.8 Å². The molecule has 0 bridgehead atoms. The second-order valence-electron chi connectivity index (χ2n) is 5.07. The maximum absolute atomic E-state index is 4.38. The van der Waals surface area contributed by atoms with Crippen molar-refractivity contribution in [2.45, 2.75) is 20.0 Å². The van der Waals surface area contributed by atoms with Crippen molar-refractivity contribution in [3.63, 3.8) is 0 Å². The molecule has 1 N–H and O–H groups in total. The third-order valence-corrected chi connectivity index (χ3v) is 3.45. The van der Waals surface area contributed by atoms with Crippen molar-refractivity contribution in [1.29, 1.82) is 0 Å². The Morgan fingerprint density at radius 2 is 1.95 bits per heavy atom. The number of hydrogen-bond donors (Lipinski definition) is 1. The molecule has 0 saturated carbocycles. The summed E-state index contributed by atoms with van der Waals surface area (Å²) in [6.45, 7) is 3.64. The van der Waals surface area contributed by atoms with Gasteiger partial charge in [-0.25, -0.2) is 0 Å². The molecule has 2 aromatic heterocycles. The average molecular weight is 278 g/mol. The van der Waals surface area contributed by atoms with Gasteiger partial charge in [0.25, 0.3) is 0 Å². The number of hydrogen-bond acceptors (Lipinski definition) is 3. The smallest absolute Gasteiger partial charge is 0.0729 e. The van der Waals surface area contributed by atoms with Gasteiger partial charge in [0.1, 0.15) is 0 Å². The predicted molar refractivity (Wildman–Crippen MR) is 84.1 cm³/mol. The zero-order valence-corrected chi connectivity index (χ0v) is 12.0. The number of anilines is 1. The van der Waals surface area contributed by atoms with Crippen molar-refractivity contribution in [3.8, 4) is 0 Å². The lowest BCUT2D eigenvalue weighted by Gasteiger charge is -2.06. The minimum Gasteiger partial charge on any atom is -0.378 e. The van der Waals surface area contributed by atoms with Gasteiger partial charge in [-0.1, -0.05) is 30.3 Å². The first-order chi connectivity index (χ1) is 10.3. The van der Waals surface area contributed by atoms with E-state index in [0.29, 0.717) is 0 Å². The fraction of sp³-hybridized carbons (Fsp3) is 0.176. The molecule has 4 nitrogen and oxygen atoms in total. The highest BCUT2D eigenvalue weighted by Gasteiger charge is 2.01. The molecule has 21 heavy (non-hydrogen) atoms. The van der Waals surface area contributed by atoms with Crippen molar-refractivity contribution >= 4 is 5.69 Å². The summed E-state index contributed by atoms with van der Waals surface area (Å²) in [6.07, 6.45) is 7.60. The van der Waals surface area contributed by atoms with Crippen LogP contribution in [0.4, 0.5) is 5.69 Å². The Hall–Kier alpha value is -2.62. The summed E-state index contributed by atoms with van der Waals surface area (Å²) in [4.78, 5) is 4.16. The molecule has 0 aliphatic carbocycles. The van der Waals surface area contributed by atoms with E-state index in [2.05, 4.69) is 34.5 Å². The summed E-state index contributed by atoms with van der Waals surface area (Å²) in [5, 5.41) is 7.77. The van der Waals surface area contributed by atoms with Gasteiger partial charge in [0.15, 0.2) is 0 Å². The highest BCUT2D eigenvalue weighted by atomic mass is 15.3. The van der Waals surface area contributed by atoms with Crippen molar-refractivity contribution < 1.29 is 0 Å². The maximum Gasteiger partial charge on any atom is 0.0729 e. The number of benzene rings is 1. The molecule has 3 rings (SSSR count). The minimum absolute atomic E-state index is 0.761. The van der Waals surface area contributed by atoms with Gasteiger partial charge in [-0.15, -0.1) is 0 Å². The summed E-state index contributed by atoms with van der Waals surface area (Å²) < 4.78 is 1.94. The van der Waals surface area contributed by atoms with Crippen molar-refractivity contribution in [2.75, 3.05) is 5.32 Å². The van der Waals surface area contributed by atoms with Crippen molar-refractivity contribution in [2.24, 2.45) is 0 Å². The van der Waals surface area contributed by atoms with Crippen LogP contribution in [0.5, 0.6) is 0 Å². The van der Waals surface area contributed by atoms with E-state index in [1.165, 1.54) is 16.7 Å². The van der Waals surface area contributed by atoms with Crippen LogP contribution in [0.3, 0.4) is 0 Å². The summed E-state index contributed by atoms with van der Waals surface area (Å²) >= 11 is 0. The molecule has 0 fully saturated rings. The Labute approximate surface area is 124 Å². The molecule has 4 heteroatoms. The van der Waals surface area contributed by atoms with Crippen LogP contribution < -0.4 is 5.32 Å². The molecule has 1 aromatic carbocycles. The molecule has 0 unspecified atom stereocenters. The quantitative estimate of drug-likeness (QED) is 0.779. The fourth-order valence-electron chi connectivity index (χ4n) is 2.19. The van der Waals surface area contributed by atoms with Crippen LogP contribution in [-0.4, -0.2) is 14.8 Å². The van der Waals surface area contributed by atoms with E-state index < -0.39 is 0 Å². The maximum atomic E-state index is 4.38. The van der Waals surface area contributed by atoms with E-state index in [4.69, 9.17) is 0 Å². The Kier molecular flexibility index (Phi) is 3.96. The number of nitrogens with one attached hydrogen (secondary N) is 1. The Morgan fingerprint density at radius 1 is 1.10 bits per heavy atom. The van der Waals surface area contributed by atoms with Crippen LogP contribution in [0.1, 0.15) is 16.7 Å². The van der Waals surface area contributed by atoms with E-state index in [9.17, 15) is 0 Å². The summed E-state index contributed by atoms with van der Waals surface area (Å²) in [5.74, 6) is 0. The molecule has 0 radical (unpaired) electrons. The summed E-state index contributed by atoms with van der Waals surface area (Å²) in [6, 6.07) is 12.3. The molecule has 0 spiro atoms. The molecule has 0 atom stereocenters. The third kappa shape index (κ3) is 3.48. The molecule has 0 amide bonds. The van der Waals surface area contributed by atoms with Crippen molar-refractivity contribution in [1.82, 2.24) is 14.8 Å². The van der Waals surface area contributed by atoms with Gasteiger partial charge in [0, 0.05) is 25.1 Å². The second-order valence-corrected chi connectivity index (χ2v) is 5.07. The highest BCUT2D eigenvalue weighted by molar-refractivity contribution is 5.40. The molecule has 2 heterocycles. The lowest BCUT2D eigenvalue weighted by atomic mass is 10.1. The monoisotopic (exact) mass is 278 g/mol. The van der Waals surface area contributed by atoms with Gasteiger partial charge in [0.05, 0.1) is 18.4 Å². The number of pyridine rings is 1. The van der Waals surface area contributed by atoms with Crippen LogP contribution in [0.25, 0.3) is 0 Å². The van der Waals surface area contributed by atoms with Crippen LogP contribution in [0.2, 0.25) is 0 Å². The van der Waals surface area contributed by atoms with Crippen LogP contribution >= 0.6 is 0 Å². The largest absolute Gasteiger partial charge is 0.378 e. The average Bonchev–Trinajstić information content (AvgIpc) is 2.95. The molecule has 0 aliphatic heterocycles. The van der Waals surface area contributed by atoms with Gasteiger partial charge < -0.3 is 5.32 Å². The molecule has 0 saturated heterocycles. The van der Waals surface area contributed by atoms with E-state index in [1.807, 2.05) is 53.7 Å². The van der Waals surface area contributed by atoms with Crippen LogP contribution in [0.15, 0.2) is 61.2 Å². The predicted octanol–water partition coefficient (Wildman–Crippen LogP) is 3.25. The second kappa shape index (κ2) is 6.22. The SMILES string of the molecule is Cc1ccncc1CNc1cnn(Cc2ccccc2)c1. The number of aromatic nitrogens is 3. The Bertz CT molecular complexity index is 704. The number of rotatable bonds is 5. The normalized spacial score (nSPS) is 10.5. The van der Waals surface area contributed by atoms with Gasteiger partial charge in [-0.2, -0.15) is 5.10 Å². The standard InChI is InChI=1S/C17H18N4/c1-14-7-8-18-9-16(14)10-19-17-11-20-21(13-17)12-15-5-3-2-4-6-15/h2-9,11,13,19H,10,12H2,1H3. The van der Waals surface area contributed by atoms with Gasteiger partial charge in [-0.3, -0.25) is 9.67 Å². The van der Waals surface area contributed by atoms with E-state index in [-0.39, 0.29) is 0 Å². The van der Waals surface area contributed by atoms with E-state index >= 15 is 0 Å². The van der Waals surface area contributed by atoms with Crippen LogP contribution in [0, 0.1) is 6.92 Å². The first kappa shape index (κ1) is 13.4. The molecular formula is C17H18N4. The summed E-state index contributed by atoms with van der Waals surface area (Å²) in [5.41, 5.74) is 4.71. The van der Waals surface area contributed by atoms with E-state index in [1.54, 1.807) is 0 Å². The first-order valence-corrected chi connectivity index (χ1v) is 7.01. The minimum atomic E-state index is 0.761. The van der Waals surface area contributed by atoms with Crippen LogP contribution in [-0.2, 0) is 13.1 Å². The fourth-order valence-corrected chi connectivity index (χ4v) is 2.19. The number of nitrogens with zero attached hydrogens (tertiary/aromatic N) is 3. The zero-order valence-electron chi connectivity index (χ0n) is 12.0. The van der Waals surface area contributed by atoms with Gasteiger partial charge in [-0.05, 0) is 29.7 Å². The van der Waals surface area contributed by atoms with Crippen molar-refractivity contribution in [3.05, 3.63) is 77.9 Å². The Morgan fingerprint density at radius 3 is 2.76 bits per heavy atom. The lowest BCUT2D eigenvalue weighted by Crippen LogP contribution is -2.02.